The number of sulfonamides is 1. The van der Waals surface area contributed by atoms with Gasteiger partial charge in [-0.15, -0.1) is 0 Å². The molecule has 0 aliphatic carbocycles. The van der Waals surface area contributed by atoms with Gasteiger partial charge in [0.25, 0.3) is 0 Å². The highest BCUT2D eigenvalue weighted by atomic mass is 35.5. The van der Waals surface area contributed by atoms with E-state index >= 15 is 0 Å². The first-order valence-corrected chi connectivity index (χ1v) is 13.4. The molecule has 0 radical (unpaired) electrons. The molecule has 35 heavy (non-hydrogen) atoms. The number of ether oxygens (including phenoxy) is 1. The van der Waals surface area contributed by atoms with Crippen LogP contribution in [0.15, 0.2) is 42.5 Å². The number of alkyl halides is 3. The third-order valence-corrected chi connectivity index (χ3v) is 7.97. The Balaban J connectivity index is 1.96. The highest BCUT2D eigenvalue weighted by molar-refractivity contribution is 7.92. The predicted octanol–water partition coefficient (Wildman–Crippen LogP) is 5.71. The molecule has 192 valence electrons. The number of anilines is 1. The van der Waals surface area contributed by atoms with Crippen molar-refractivity contribution >= 4 is 33.2 Å². The minimum absolute atomic E-state index is 0.310. The van der Waals surface area contributed by atoms with Crippen LogP contribution < -0.4 is 14.4 Å². The van der Waals surface area contributed by atoms with Crippen LogP contribution in [-0.2, 0) is 21.0 Å². The number of para-hydroxylation sites is 1. The van der Waals surface area contributed by atoms with Gasteiger partial charge in [0.15, 0.2) is 0 Å². The molecular weight excluding hydrogens is 505 g/mol. The van der Waals surface area contributed by atoms with Gasteiger partial charge < -0.3 is 10.1 Å². The van der Waals surface area contributed by atoms with Crippen molar-refractivity contribution in [2.75, 3.05) is 10.6 Å². The van der Waals surface area contributed by atoms with E-state index in [9.17, 15) is 26.4 Å². The molecule has 0 aromatic heterocycles. The molecule has 1 heterocycles. The van der Waals surface area contributed by atoms with E-state index in [-0.39, 0.29) is 5.69 Å². The minimum Gasteiger partial charge on any atom is -0.487 e. The number of amides is 1. The van der Waals surface area contributed by atoms with Crippen molar-refractivity contribution in [1.29, 1.82) is 0 Å². The largest absolute Gasteiger partial charge is 0.487 e. The summed E-state index contributed by atoms with van der Waals surface area (Å²) in [6, 6.07) is 8.22. The van der Waals surface area contributed by atoms with Crippen molar-refractivity contribution in [3.63, 3.8) is 0 Å². The summed E-state index contributed by atoms with van der Waals surface area (Å²) in [7, 11) is -4.13. The van der Waals surface area contributed by atoms with Crippen LogP contribution in [0, 0.1) is 0 Å². The van der Waals surface area contributed by atoms with Gasteiger partial charge in [-0.1, -0.05) is 43.6 Å². The van der Waals surface area contributed by atoms with Crippen LogP contribution in [0.25, 0.3) is 0 Å². The number of rotatable bonds is 7. The number of hydrogen-bond acceptors (Lipinski definition) is 4. The predicted molar refractivity (Wildman–Crippen MR) is 129 cm³/mol. The number of benzene rings is 2. The van der Waals surface area contributed by atoms with Gasteiger partial charge in [-0.25, -0.2) is 8.42 Å². The Morgan fingerprint density at radius 2 is 1.86 bits per heavy atom. The molecule has 0 bridgehead atoms. The Hall–Kier alpha value is -2.46. The molecule has 2 aromatic rings. The summed E-state index contributed by atoms with van der Waals surface area (Å²) in [5.41, 5.74) is -1.26. The Morgan fingerprint density at radius 3 is 2.43 bits per heavy atom. The quantitative estimate of drug-likeness (QED) is 0.495. The third-order valence-electron chi connectivity index (χ3n) is 6.40. The second-order valence-corrected chi connectivity index (χ2v) is 11.0. The monoisotopic (exact) mass is 532 g/mol. The Kier molecular flexibility index (Phi) is 7.67. The van der Waals surface area contributed by atoms with Gasteiger partial charge >= 0.3 is 6.18 Å². The van der Waals surface area contributed by atoms with Crippen LogP contribution in [0.1, 0.15) is 57.2 Å². The molecule has 0 fully saturated rings. The second kappa shape index (κ2) is 9.89. The van der Waals surface area contributed by atoms with E-state index in [1.807, 2.05) is 38.1 Å². The van der Waals surface area contributed by atoms with Crippen LogP contribution in [0.4, 0.5) is 18.9 Å². The summed E-state index contributed by atoms with van der Waals surface area (Å²) < 4.78 is 72.3. The van der Waals surface area contributed by atoms with E-state index in [1.165, 1.54) is 6.92 Å². The highest BCUT2D eigenvalue weighted by Crippen LogP contribution is 2.43. The maximum atomic E-state index is 13.4. The van der Waals surface area contributed by atoms with Crippen molar-refractivity contribution in [3.8, 4) is 5.75 Å². The van der Waals surface area contributed by atoms with E-state index < -0.39 is 50.4 Å². The molecule has 0 spiro atoms. The summed E-state index contributed by atoms with van der Waals surface area (Å²) in [4.78, 5) is 13.3. The highest BCUT2D eigenvalue weighted by Gasteiger charge is 2.41. The molecule has 3 rings (SSSR count). The number of carbonyl (C=O) groups excluding carboxylic acids is 1. The number of carbonyl (C=O) groups is 1. The number of halogens is 4. The Labute approximate surface area is 208 Å². The van der Waals surface area contributed by atoms with Gasteiger partial charge in [-0.3, -0.25) is 9.10 Å². The average molecular weight is 533 g/mol. The first-order chi connectivity index (χ1) is 16.2. The van der Waals surface area contributed by atoms with E-state index in [2.05, 4.69) is 5.32 Å². The summed E-state index contributed by atoms with van der Waals surface area (Å²) in [5, 5.41) is 2.34. The lowest BCUT2D eigenvalue weighted by Gasteiger charge is -2.42. The molecule has 1 amide bonds. The molecule has 1 N–H and O–H groups in total. The number of nitrogens with one attached hydrogen (secondary N) is 1. The van der Waals surface area contributed by atoms with Crippen molar-refractivity contribution in [3.05, 3.63) is 58.6 Å². The Morgan fingerprint density at radius 1 is 1.23 bits per heavy atom. The average Bonchev–Trinajstić information content (AvgIpc) is 2.78. The van der Waals surface area contributed by atoms with E-state index in [0.717, 1.165) is 24.0 Å². The lowest BCUT2D eigenvalue weighted by Crippen LogP contribution is -2.51. The zero-order valence-electron chi connectivity index (χ0n) is 19.8. The maximum Gasteiger partial charge on any atom is 0.417 e. The molecule has 0 saturated heterocycles. The zero-order chi connectivity index (χ0) is 26.2. The van der Waals surface area contributed by atoms with Crippen molar-refractivity contribution in [2.24, 2.45) is 0 Å². The molecule has 1 aliphatic rings. The molecule has 6 nitrogen and oxygen atoms in total. The normalized spacial score (nSPS) is 18.2. The SMILES string of the molecule is CCC1(CC)C[C@@H](NC(=O)[C@@H](C)N(c2ccc(Cl)c(C(F)(F)F)c2)S(C)(=O)=O)c2ccccc2O1. The number of hydrogen-bond donors (Lipinski definition) is 1. The molecule has 1 aliphatic heterocycles. The first-order valence-electron chi connectivity index (χ1n) is 11.2. The van der Waals surface area contributed by atoms with E-state index in [4.69, 9.17) is 16.3 Å². The first kappa shape index (κ1) is 27.1. The Bertz CT molecular complexity index is 1200. The fourth-order valence-electron chi connectivity index (χ4n) is 4.40. The standard InChI is InChI=1S/C24H28ClF3N2O4S/c1-5-23(6-2)14-20(17-9-7-8-10-21(17)34-23)29-22(31)15(3)30(35(4,32)33)16-11-12-19(25)18(13-16)24(26,27)28/h7-13,15,20H,5-6,14H2,1-4H3,(H,29,31)/t15-,20-/m1/s1. The fraction of sp³-hybridized carbons (Fsp3) is 0.458. The molecule has 0 saturated carbocycles. The minimum atomic E-state index is -4.79. The fourth-order valence-corrected chi connectivity index (χ4v) is 5.79. The van der Waals surface area contributed by atoms with E-state index in [1.54, 1.807) is 0 Å². The summed E-state index contributed by atoms with van der Waals surface area (Å²) in [6.45, 7) is 5.31. The molecule has 2 aromatic carbocycles. The number of fused-ring (bicyclic) bond motifs is 1. The van der Waals surface area contributed by atoms with Gasteiger partial charge in [0.05, 0.1) is 28.6 Å². The van der Waals surface area contributed by atoms with Crippen LogP contribution in [-0.4, -0.2) is 32.2 Å². The van der Waals surface area contributed by atoms with Crippen LogP contribution in [0.2, 0.25) is 5.02 Å². The van der Waals surface area contributed by atoms with Gasteiger partial charge in [0.2, 0.25) is 15.9 Å². The smallest absolute Gasteiger partial charge is 0.417 e. The summed E-state index contributed by atoms with van der Waals surface area (Å²) >= 11 is 5.69. The summed E-state index contributed by atoms with van der Waals surface area (Å²) in [5.74, 6) is -0.0189. The maximum absolute atomic E-state index is 13.4. The lowest BCUT2D eigenvalue weighted by molar-refractivity contribution is -0.137. The molecule has 0 unspecified atom stereocenters. The van der Waals surface area contributed by atoms with Gasteiger partial charge in [-0.2, -0.15) is 13.2 Å². The van der Waals surface area contributed by atoms with E-state index in [0.29, 0.717) is 35.4 Å². The topological polar surface area (TPSA) is 75.7 Å². The van der Waals surface area contributed by atoms with Gasteiger partial charge in [0.1, 0.15) is 17.4 Å². The van der Waals surface area contributed by atoms with Crippen LogP contribution >= 0.6 is 11.6 Å². The second-order valence-electron chi connectivity index (χ2n) is 8.69. The van der Waals surface area contributed by atoms with Crippen molar-refractivity contribution in [2.45, 2.75) is 63.9 Å². The van der Waals surface area contributed by atoms with Crippen LogP contribution in [0.5, 0.6) is 5.75 Å². The summed E-state index contributed by atoms with van der Waals surface area (Å²) in [6.07, 6.45) is -2.10. The molecule has 11 heteroatoms. The lowest BCUT2D eigenvalue weighted by atomic mass is 9.83. The van der Waals surface area contributed by atoms with Gasteiger partial charge in [0, 0.05) is 12.0 Å². The third kappa shape index (κ3) is 5.69. The zero-order valence-corrected chi connectivity index (χ0v) is 21.4. The van der Waals surface area contributed by atoms with Crippen molar-refractivity contribution < 1.29 is 31.1 Å². The molecular formula is C24H28ClF3N2O4S. The molecule has 2 atom stereocenters. The number of nitrogens with zero attached hydrogens (tertiary/aromatic N) is 1. The van der Waals surface area contributed by atoms with Crippen molar-refractivity contribution in [1.82, 2.24) is 5.32 Å². The van der Waals surface area contributed by atoms with Crippen LogP contribution in [0.3, 0.4) is 0 Å². The van der Waals surface area contributed by atoms with Gasteiger partial charge in [-0.05, 0) is 44.0 Å².